The summed E-state index contributed by atoms with van der Waals surface area (Å²) in [5.74, 6) is -3.53. The van der Waals surface area contributed by atoms with Crippen molar-refractivity contribution in [1.29, 1.82) is 0 Å². The molecule has 0 spiro atoms. The summed E-state index contributed by atoms with van der Waals surface area (Å²) in [6.07, 6.45) is 0.792. The number of hydrogen-bond donors (Lipinski definition) is 6. The summed E-state index contributed by atoms with van der Waals surface area (Å²) >= 11 is 0.949. The standard InChI is InChI=1S/C19H24N10O10S2/c20-3-4-38-18(34)22-5-9-6-23-28(26-9)7-11-13(15(31)29(11)41(35,36)37)25-14(30)12(10-8-40-17(21)24-10)27-39-19(1-2-19)16(32)33/h6,8,11,13H,1-5,7,20H2,(H2,21,24)(H,22,34)(H,25,30)(H,32,33)(H,35,36,37)/b27-12-. The van der Waals surface area contributed by atoms with Gasteiger partial charge >= 0.3 is 22.4 Å². The number of nitrogen functional groups attached to an aromatic ring is 1. The summed E-state index contributed by atoms with van der Waals surface area (Å²) in [6.45, 7) is -0.388. The maximum absolute atomic E-state index is 13.2. The average molecular weight is 617 g/mol. The first-order valence-electron chi connectivity index (χ1n) is 11.7. The second-order valence-corrected chi connectivity index (χ2v) is 10.9. The second kappa shape index (κ2) is 11.6. The molecule has 2 aromatic heterocycles. The van der Waals surface area contributed by atoms with E-state index < -0.39 is 64.1 Å². The van der Waals surface area contributed by atoms with Gasteiger partial charge in [0, 0.05) is 24.8 Å². The molecule has 22 heteroatoms. The van der Waals surface area contributed by atoms with Crippen molar-refractivity contribution >= 4 is 56.4 Å². The monoisotopic (exact) mass is 616 g/mol. The number of aliphatic carboxylic acids is 1. The van der Waals surface area contributed by atoms with Gasteiger partial charge in [-0.05, 0) is 0 Å². The van der Waals surface area contributed by atoms with E-state index in [0.29, 0.717) is 0 Å². The van der Waals surface area contributed by atoms with Gasteiger partial charge in [-0.1, -0.05) is 5.16 Å². The van der Waals surface area contributed by atoms with Crippen LogP contribution in [0.1, 0.15) is 24.2 Å². The normalized spacial score (nSPS) is 19.7. The van der Waals surface area contributed by atoms with Crippen molar-refractivity contribution in [3.05, 3.63) is 23.0 Å². The fourth-order valence-electron chi connectivity index (χ4n) is 3.58. The molecular formula is C19H24N10O10S2. The van der Waals surface area contributed by atoms with E-state index in [0.717, 1.165) is 16.1 Å². The van der Waals surface area contributed by atoms with Gasteiger partial charge in [0.25, 0.3) is 11.8 Å². The highest BCUT2D eigenvalue weighted by atomic mass is 32.2. The number of rotatable bonds is 13. The van der Waals surface area contributed by atoms with E-state index in [1.165, 1.54) is 11.6 Å². The number of carboxylic acids is 1. The topological polar surface area (TPSA) is 297 Å². The van der Waals surface area contributed by atoms with Gasteiger partial charge in [0.1, 0.15) is 30.1 Å². The van der Waals surface area contributed by atoms with Gasteiger partial charge < -0.3 is 36.8 Å². The molecule has 0 aromatic carbocycles. The number of nitrogens with two attached hydrogens (primary N) is 2. The minimum atomic E-state index is -5.04. The van der Waals surface area contributed by atoms with Gasteiger partial charge in [0.05, 0.1) is 19.3 Å². The third kappa shape index (κ3) is 6.67. The quantitative estimate of drug-likeness (QED) is 0.0567. The number of β-lactam (4-membered cyclic amide) rings is 1. The van der Waals surface area contributed by atoms with Crippen LogP contribution in [0.2, 0.25) is 0 Å². The van der Waals surface area contributed by atoms with Gasteiger partial charge in [-0.25, -0.2) is 18.9 Å². The molecule has 20 nitrogen and oxygen atoms in total. The van der Waals surface area contributed by atoms with E-state index in [9.17, 15) is 37.3 Å². The Morgan fingerprint density at radius 1 is 1.32 bits per heavy atom. The Kier molecular flexibility index (Phi) is 8.37. The Morgan fingerprint density at radius 3 is 2.63 bits per heavy atom. The number of nitrogens with zero attached hydrogens (tertiary/aromatic N) is 6. The molecule has 1 aliphatic heterocycles. The number of aromatic nitrogens is 4. The van der Waals surface area contributed by atoms with E-state index in [-0.39, 0.29) is 53.4 Å². The third-order valence-electron chi connectivity index (χ3n) is 5.79. The lowest BCUT2D eigenvalue weighted by Crippen LogP contribution is -2.73. The summed E-state index contributed by atoms with van der Waals surface area (Å²) in [7, 11) is -5.04. The number of anilines is 1. The molecule has 0 radical (unpaired) electrons. The number of hydrogen-bond acceptors (Lipinski definition) is 15. The average Bonchev–Trinajstić information content (AvgIpc) is 3.37. The predicted octanol–water partition coefficient (Wildman–Crippen LogP) is -2.96. The molecule has 2 aromatic rings. The predicted molar refractivity (Wildman–Crippen MR) is 135 cm³/mol. The molecule has 2 atom stereocenters. The van der Waals surface area contributed by atoms with Crippen molar-refractivity contribution in [2.24, 2.45) is 10.9 Å². The SMILES string of the molecule is NCCOC(=O)NCc1cnn(CC2C(NC(=O)/C(=N\OC3(C(=O)O)CC3)c3csc(N)n3)C(=O)N2S(=O)(=O)O)n1. The summed E-state index contributed by atoms with van der Waals surface area (Å²) < 4.78 is 38.2. The lowest BCUT2D eigenvalue weighted by Gasteiger charge is -2.43. The molecule has 3 amide bonds. The van der Waals surface area contributed by atoms with Crippen LogP contribution in [-0.2, 0) is 47.4 Å². The molecule has 2 fully saturated rings. The number of carboxylic acid groups (broad SMARTS) is 1. The molecule has 0 bridgehead atoms. The minimum Gasteiger partial charge on any atom is -0.478 e. The van der Waals surface area contributed by atoms with Crippen LogP contribution in [0, 0.1) is 0 Å². The number of amides is 3. The first-order valence-corrected chi connectivity index (χ1v) is 13.9. The third-order valence-corrected chi connectivity index (χ3v) is 7.41. The Balaban J connectivity index is 1.50. The van der Waals surface area contributed by atoms with Gasteiger partial charge in [-0.3, -0.25) is 14.1 Å². The summed E-state index contributed by atoms with van der Waals surface area (Å²) in [6, 6.07) is -2.90. The molecule has 41 heavy (non-hydrogen) atoms. The first-order chi connectivity index (χ1) is 19.3. The molecule has 222 valence electrons. The zero-order chi connectivity index (χ0) is 29.9. The molecule has 2 unspecified atom stereocenters. The number of oxime groups is 1. The summed E-state index contributed by atoms with van der Waals surface area (Å²) in [5.41, 5.74) is 8.91. The van der Waals surface area contributed by atoms with E-state index in [1.54, 1.807) is 0 Å². The fraction of sp³-hybridized carbons (Fsp3) is 0.474. The number of carbonyl (C=O) groups excluding carboxylic acids is 3. The van der Waals surface area contributed by atoms with Crippen molar-refractivity contribution in [1.82, 2.24) is 34.9 Å². The number of nitrogens with one attached hydrogen (secondary N) is 2. The molecular weight excluding hydrogens is 592 g/mol. The van der Waals surface area contributed by atoms with E-state index in [1.807, 2.05) is 0 Å². The van der Waals surface area contributed by atoms with Crippen LogP contribution in [0.25, 0.3) is 0 Å². The number of thiazole rings is 1. The maximum atomic E-state index is 13.2. The van der Waals surface area contributed by atoms with Crippen molar-refractivity contribution in [2.75, 3.05) is 18.9 Å². The van der Waals surface area contributed by atoms with E-state index in [4.69, 9.17) is 21.0 Å². The van der Waals surface area contributed by atoms with E-state index in [2.05, 4.69) is 31.0 Å². The summed E-state index contributed by atoms with van der Waals surface area (Å²) in [5, 5.41) is 27.1. The van der Waals surface area contributed by atoms with Crippen molar-refractivity contribution in [3.8, 4) is 0 Å². The lowest BCUT2D eigenvalue weighted by molar-refractivity contribution is -0.153. The van der Waals surface area contributed by atoms with Crippen LogP contribution >= 0.6 is 11.3 Å². The first kappa shape index (κ1) is 29.6. The molecule has 1 aliphatic carbocycles. The van der Waals surface area contributed by atoms with Gasteiger partial charge in [-0.15, -0.1) is 11.3 Å². The zero-order valence-electron chi connectivity index (χ0n) is 20.9. The smallest absolute Gasteiger partial charge is 0.407 e. The van der Waals surface area contributed by atoms with Crippen molar-refractivity contribution < 1.29 is 46.8 Å². The molecule has 3 heterocycles. The van der Waals surface area contributed by atoms with E-state index >= 15 is 0 Å². The summed E-state index contributed by atoms with van der Waals surface area (Å²) in [4.78, 5) is 58.9. The number of ether oxygens (including phenoxy) is 1. The second-order valence-electron chi connectivity index (χ2n) is 8.70. The zero-order valence-corrected chi connectivity index (χ0v) is 22.5. The van der Waals surface area contributed by atoms with Gasteiger partial charge in [0.2, 0.25) is 5.60 Å². The van der Waals surface area contributed by atoms with Crippen LogP contribution in [0.5, 0.6) is 0 Å². The Morgan fingerprint density at radius 2 is 2.05 bits per heavy atom. The van der Waals surface area contributed by atoms with Crippen LogP contribution in [0.3, 0.4) is 0 Å². The lowest BCUT2D eigenvalue weighted by atomic mass is 9.98. The number of carbonyl (C=O) groups is 4. The van der Waals surface area contributed by atoms with Crippen LogP contribution in [0.15, 0.2) is 16.7 Å². The highest BCUT2D eigenvalue weighted by molar-refractivity contribution is 7.84. The molecule has 4 rings (SSSR count). The Hall–Kier alpha value is -4.41. The van der Waals surface area contributed by atoms with Gasteiger partial charge in [-0.2, -0.15) is 23.4 Å². The fourth-order valence-corrected chi connectivity index (χ4v) is 5.00. The molecule has 1 saturated carbocycles. The van der Waals surface area contributed by atoms with Crippen LogP contribution < -0.4 is 22.1 Å². The van der Waals surface area contributed by atoms with Crippen LogP contribution in [-0.4, -0.2) is 103 Å². The Labute approximate surface area is 234 Å². The minimum absolute atomic E-state index is 0.00163. The Bertz CT molecular complexity index is 1480. The van der Waals surface area contributed by atoms with Crippen LogP contribution in [0.4, 0.5) is 9.93 Å². The molecule has 2 aliphatic rings. The highest BCUT2D eigenvalue weighted by Gasteiger charge is 2.56. The molecule has 8 N–H and O–H groups in total. The molecule has 1 saturated heterocycles. The maximum Gasteiger partial charge on any atom is 0.407 e. The van der Waals surface area contributed by atoms with Gasteiger partial charge in [0.15, 0.2) is 10.8 Å². The highest BCUT2D eigenvalue weighted by Crippen LogP contribution is 2.40. The van der Waals surface area contributed by atoms with Crippen molar-refractivity contribution in [3.63, 3.8) is 0 Å². The largest absolute Gasteiger partial charge is 0.478 e. The number of alkyl carbamates (subject to hydrolysis) is 1. The van der Waals surface area contributed by atoms with Crippen molar-refractivity contribution in [2.45, 2.75) is 43.6 Å².